The van der Waals surface area contributed by atoms with Crippen molar-refractivity contribution in [2.24, 2.45) is 0 Å². The predicted octanol–water partition coefficient (Wildman–Crippen LogP) is 2.31. The Bertz CT molecular complexity index is 854. The molecule has 1 aromatic heterocycles. The van der Waals surface area contributed by atoms with Crippen molar-refractivity contribution in [3.63, 3.8) is 0 Å². The standard InChI is InChI=1S/C17H16FN5O2/c1-25-14-7-2-4-11(8-14)9-15(16-20-22-23-21-16)17(24)19-13-6-3-5-12(18)10-13/h2-8,10,15H,9H2,1H3,(H,19,24)(H,20,21,22,23). The summed E-state index contributed by atoms with van der Waals surface area (Å²) in [6.07, 6.45) is 0.345. The minimum absolute atomic E-state index is 0.261. The van der Waals surface area contributed by atoms with Gasteiger partial charge in [0.25, 0.3) is 0 Å². The Morgan fingerprint density at radius 1 is 1.28 bits per heavy atom. The number of aromatic nitrogens is 4. The van der Waals surface area contributed by atoms with Crippen LogP contribution in [0.2, 0.25) is 0 Å². The Kier molecular flexibility index (Phi) is 4.98. The van der Waals surface area contributed by atoms with Crippen LogP contribution in [-0.2, 0) is 11.2 Å². The van der Waals surface area contributed by atoms with E-state index in [1.807, 2.05) is 24.3 Å². The number of carbonyl (C=O) groups excluding carboxylic acids is 1. The average molecular weight is 341 g/mol. The van der Waals surface area contributed by atoms with Crippen LogP contribution in [0.5, 0.6) is 5.75 Å². The molecular formula is C17H16FN5O2. The smallest absolute Gasteiger partial charge is 0.235 e. The second-order valence-corrected chi connectivity index (χ2v) is 5.38. The molecule has 8 heteroatoms. The van der Waals surface area contributed by atoms with Crippen LogP contribution in [0.25, 0.3) is 0 Å². The molecule has 0 aliphatic carbocycles. The molecule has 1 atom stereocenters. The van der Waals surface area contributed by atoms with Gasteiger partial charge < -0.3 is 10.1 Å². The van der Waals surface area contributed by atoms with E-state index in [1.165, 1.54) is 18.2 Å². The van der Waals surface area contributed by atoms with Gasteiger partial charge >= 0.3 is 0 Å². The number of hydrogen-bond donors (Lipinski definition) is 2. The van der Waals surface area contributed by atoms with Crippen molar-refractivity contribution in [1.29, 1.82) is 0 Å². The molecule has 1 amide bonds. The predicted molar refractivity (Wildman–Crippen MR) is 88.6 cm³/mol. The van der Waals surface area contributed by atoms with E-state index in [0.29, 0.717) is 17.9 Å². The summed E-state index contributed by atoms with van der Waals surface area (Å²) in [5.74, 6) is -0.516. The van der Waals surface area contributed by atoms with Gasteiger partial charge in [-0.2, -0.15) is 5.21 Å². The summed E-state index contributed by atoms with van der Waals surface area (Å²) in [6.45, 7) is 0. The molecule has 0 saturated carbocycles. The number of nitrogens with one attached hydrogen (secondary N) is 2. The molecule has 0 radical (unpaired) electrons. The van der Waals surface area contributed by atoms with Crippen LogP contribution in [0.4, 0.5) is 10.1 Å². The van der Waals surface area contributed by atoms with Gasteiger partial charge in [0.1, 0.15) is 17.5 Å². The summed E-state index contributed by atoms with van der Waals surface area (Å²) in [6, 6.07) is 13.1. The number of nitrogens with zero attached hydrogens (tertiary/aromatic N) is 3. The van der Waals surface area contributed by atoms with E-state index in [1.54, 1.807) is 13.2 Å². The van der Waals surface area contributed by atoms with Crippen molar-refractivity contribution in [2.45, 2.75) is 12.3 Å². The molecule has 0 aliphatic heterocycles. The maximum Gasteiger partial charge on any atom is 0.235 e. The number of rotatable bonds is 6. The number of halogens is 1. The number of carbonyl (C=O) groups is 1. The highest BCUT2D eigenvalue weighted by Gasteiger charge is 2.25. The third kappa shape index (κ3) is 4.17. The van der Waals surface area contributed by atoms with Gasteiger partial charge in [-0.1, -0.05) is 23.4 Å². The van der Waals surface area contributed by atoms with E-state index in [0.717, 1.165) is 5.56 Å². The van der Waals surface area contributed by atoms with Crippen molar-refractivity contribution in [1.82, 2.24) is 20.6 Å². The van der Waals surface area contributed by atoms with Gasteiger partial charge in [0.2, 0.25) is 5.91 Å². The van der Waals surface area contributed by atoms with Gasteiger partial charge in [-0.05, 0) is 42.3 Å². The highest BCUT2D eigenvalue weighted by atomic mass is 19.1. The summed E-state index contributed by atoms with van der Waals surface area (Å²) >= 11 is 0. The summed E-state index contributed by atoms with van der Waals surface area (Å²) < 4.78 is 18.5. The second-order valence-electron chi connectivity index (χ2n) is 5.38. The lowest BCUT2D eigenvalue weighted by atomic mass is 9.97. The van der Waals surface area contributed by atoms with Crippen molar-refractivity contribution < 1.29 is 13.9 Å². The third-order valence-corrected chi connectivity index (χ3v) is 3.66. The number of benzene rings is 2. The maximum absolute atomic E-state index is 13.3. The fourth-order valence-electron chi connectivity index (χ4n) is 2.45. The zero-order chi connectivity index (χ0) is 17.6. The van der Waals surface area contributed by atoms with Crippen molar-refractivity contribution >= 4 is 11.6 Å². The molecule has 0 spiro atoms. The van der Waals surface area contributed by atoms with Crippen molar-refractivity contribution in [3.05, 3.63) is 65.7 Å². The molecule has 1 heterocycles. The SMILES string of the molecule is COc1cccc(CC(C(=O)Nc2cccc(F)c2)c2nn[nH]n2)c1. The molecule has 1 unspecified atom stereocenters. The number of anilines is 1. The van der Waals surface area contributed by atoms with Crippen LogP contribution in [0, 0.1) is 5.82 Å². The highest BCUT2D eigenvalue weighted by Crippen LogP contribution is 2.22. The maximum atomic E-state index is 13.3. The first-order chi connectivity index (χ1) is 12.2. The topological polar surface area (TPSA) is 92.8 Å². The normalized spacial score (nSPS) is 11.8. The molecule has 128 valence electrons. The first-order valence-electron chi connectivity index (χ1n) is 7.58. The number of hydrogen-bond acceptors (Lipinski definition) is 5. The van der Waals surface area contributed by atoms with E-state index in [2.05, 4.69) is 25.9 Å². The number of methoxy groups -OCH3 is 1. The lowest BCUT2D eigenvalue weighted by Gasteiger charge is -2.14. The average Bonchev–Trinajstić information content (AvgIpc) is 3.14. The summed E-state index contributed by atoms with van der Waals surface area (Å²) in [5.41, 5.74) is 1.24. The minimum atomic E-state index is -0.686. The Hall–Kier alpha value is -3.29. The van der Waals surface area contributed by atoms with Gasteiger partial charge in [-0.3, -0.25) is 4.79 Å². The fraction of sp³-hybridized carbons (Fsp3) is 0.176. The van der Waals surface area contributed by atoms with Crippen LogP contribution in [0.1, 0.15) is 17.3 Å². The molecule has 3 aromatic rings. The molecule has 7 nitrogen and oxygen atoms in total. The Morgan fingerprint density at radius 2 is 2.12 bits per heavy atom. The number of amides is 1. The molecule has 0 aliphatic rings. The second kappa shape index (κ2) is 7.52. The number of aromatic amines is 1. The van der Waals surface area contributed by atoms with Gasteiger partial charge in [-0.25, -0.2) is 4.39 Å². The third-order valence-electron chi connectivity index (χ3n) is 3.66. The molecule has 2 aromatic carbocycles. The van der Waals surface area contributed by atoms with Crippen molar-refractivity contribution in [3.8, 4) is 5.75 Å². The first-order valence-corrected chi connectivity index (χ1v) is 7.58. The zero-order valence-electron chi connectivity index (χ0n) is 13.4. The minimum Gasteiger partial charge on any atom is -0.497 e. The van der Waals surface area contributed by atoms with E-state index < -0.39 is 11.7 Å². The van der Waals surface area contributed by atoms with Gasteiger partial charge in [0.05, 0.1) is 7.11 Å². The Labute approximate surface area is 143 Å². The van der Waals surface area contributed by atoms with Gasteiger partial charge in [-0.15, -0.1) is 10.2 Å². The van der Waals surface area contributed by atoms with Crippen LogP contribution in [0.15, 0.2) is 48.5 Å². The molecule has 2 N–H and O–H groups in total. The number of tetrazole rings is 1. The van der Waals surface area contributed by atoms with Crippen LogP contribution in [-0.4, -0.2) is 33.6 Å². The molecule has 3 rings (SSSR count). The molecule has 25 heavy (non-hydrogen) atoms. The lowest BCUT2D eigenvalue weighted by Crippen LogP contribution is -2.24. The monoisotopic (exact) mass is 341 g/mol. The van der Waals surface area contributed by atoms with Crippen LogP contribution < -0.4 is 10.1 Å². The first kappa shape index (κ1) is 16.6. The van der Waals surface area contributed by atoms with E-state index in [9.17, 15) is 9.18 Å². The molecule has 0 fully saturated rings. The van der Waals surface area contributed by atoms with Gasteiger partial charge in [0, 0.05) is 5.69 Å². The van der Waals surface area contributed by atoms with E-state index >= 15 is 0 Å². The van der Waals surface area contributed by atoms with E-state index in [-0.39, 0.29) is 11.7 Å². The van der Waals surface area contributed by atoms with Gasteiger partial charge in [0.15, 0.2) is 5.82 Å². The highest BCUT2D eigenvalue weighted by molar-refractivity contribution is 5.95. The number of ether oxygens (including phenoxy) is 1. The summed E-state index contributed by atoms with van der Waals surface area (Å²) in [5, 5.41) is 16.4. The van der Waals surface area contributed by atoms with Crippen LogP contribution >= 0.6 is 0 Å². The van der Waals surface area contributed by atoms with E-state index in [4.69, 9.17) is 4.74 Å². The molecular weight excluding hydrogens is 325 g/mol. The summed E-state index contributed by atoms with van der Waals surface area (Å²) in [7, 11) is 1.58. The molecule has 0 bridgehead atoms. The molecule has 0 saturated heterocycles. The lowest BCUT2D eigenvalue weighted by molar-refractivity contribution is -0.117. The fourth-order valence-corrected chi connectivity index (χ4v) is 2.45. The Morgan fingerprint density at radius 3 is 2.84 bits per heavy atom. The largest absolute Gasteiger partial charge is 0.497 e. The van der Waals surface area contributed by atoms with Crippen LogP contribution in [0.3, 0.4) is 0 Å². The quantitative estimate of drug-likeness (QED) is 0.718. The summed E-state index contributed by atoms with van der Waals surface area (Å²) in [4.78, 5) is 12.7. The zero-order valence-corrected chi connectivity index (χ0v) is 13.4. The number of H-pyrrole nitrogens is 1. The van der Waals surface area contributed by atoms with Crippen molar-refractivity contribution in [2.75, 3.05) is 12.4 Å². The Balaban J connectivity index is 1.83.